The van der Waals surface area contributed by atoms with Crippen LogP contribution in [0.25, 0.3) is 0 Å². The summed E-state index contributed by atoms with van der Waals surface area (Å²) in [6.07, 6.45) is 2.26. The fourth-order valence-electron chi connectivity index (χ4n) is 2.34. The second-order valence-corrected chi connectivity index (χ2v) is 6.74. The van der Waals surface area contributed by atoms with Gasteiger partial charge in [0.1, 0.15) is 0 Å². The van der Waals surface area contributed by atoms with Gasteiger partial charge in [-0.25, -0.2) is 4.99 Å². The fraction of sp³-hybridized carbons (Fsp3) is 0.368. The number of furan rings is 1. The predicted molar refractivity (Wildman–Crippen MR) is 110 cm³/mol. The number of hydrogen-bond donors (Lipinski definition) is 3. The lowest BCUT2D eigenvalue weighted by Crippen LogP contribution is -2.38. The first-order valence-corrected chi connectivity index (χ1v) is 9.55. The number of amides is 1. The van der Waals surface area contributed by atoms with Crippen LogP contribution in [0.2, 0.25) is 10.0 Å². The summed E-state index contributed by atoms with van der Waals surface area (Å²) in [6, 6.07) is 7.13. The molecule has 0 atom stereocenters. The van der Waals surface area contributed by atoms with Crippen LogP contribution < -0.4 is 16.0 Å². The minimum absolute atomic E-state index is 0.199. The Morgan fingerprint density at radius 1 is 1.15 bits per heavy atom. The highest BCUT2D eigenvalue weighted by atomic mass is 35.5. The van der Waals surface area contributed by atoms with Crippen LogP contribution in [0, 0.1) is 6.92 Å². The normalized spacial score (nSPS) is 11.3. The Labute approximate surface area is 169 Å². The van der Waals surface area contributed by atoms with Crippen LogP contribution in [0.4, 0.5) is 0 Å². The smallest absolute Gasteiger partial charge is 0.287 e. The number of halogens is 2. The average molecular weight is 411 g/mol. The van der Waals surface area contributed by atoms with Crippen molar-refractivity contribution in [1.82, 2.24) is 16.0 Å². The topological polar surface area (TPSA) is 78.7 Å². The highest BCUT2D eigenvalue weighted by Gasteiger charge is 2.11. The van der Waals surface area contributed by atoms with E-state index in [9.17, 15) is 4.79 Å². The molecule has 0 saturated heterocycles. The number of aryl methyl sites for hydroxylation is 1. The summed E-state index contributed by atoms with van der Waals surface area (Å²) in [7, 11) is 0. The Balaban J connectivity index is 1.77. The van der Waals surface area contributed by atoms with Gasteiger partial charge in [0, 0.05) is 35.2 Å². The van der Waals surface area contributed by atoms with Crippen molar-refractivity contribution in [3.63, 3.8) is 0 Å². The third-order valence-electron chi connectivity index (χ3n) is 3.77. The zero-order chi connectivity index (χ0) is 19.6. The molecule has 0 bridgehead atoms. The molecule has 1 amide bonds. The van der Waals surface area contributed by atoms with E-state index in [0.29, 0.717) is 41.4 Å². The molecule has 1 aromatic carbocycles. The Bertz CT molecular complexity index is 790. The van der Waals surface area contributed by atoms with E-state index in [0.717, 1.165) is 24.1 Å². The number of nitrogens with zero attached hydrogens (tertiary/aromatic N) is 1. The van der Waals surface area contributed by atoms with Gasteiger partial charge in [0.25, 0.3) is 5.91 Å². The van der Waals surface area contributed by atoms with Crippen LogP contribution in [-0.2, 0) is 6.54 Å². The third-order valence-corrected chi connectivity index (χ3v) is 4.35. The van der Waals surface area contributed by atoms with Crippen molar-refractivity contribution >= 4 is 35.1 Å². The minimum Gasteiger partial charge on any atom is -0.459 e. The van der Waals surface area contributed by atoms with Crippen molar-refractivity contribution < 1.29 is 9.21 Å². The van der Waals surface area contributed by atoms with E-state index in [-0.39, 0.29) is 5.91 Å². The van der Waals surface area contributed by atoms with Crippen LogP contribution in [-0.4, -0.2) is 31.5 Å². The van der Waals surface area contributed by atoms with Gasteiger partial charge in [0.15, 0.2) is 11.7 Å². The van der Waals surface area contributed by atoms with Crippen molar-refractivity contribution in [1.29, 1.82) is 0 Å². The Morgan fingerprint density at radius 2 is 1.93 bits per heavy atom. The summed E-state index contributed by atoms with van der Waals surface area (Å²) in [6.45, 7) is 6.23. The van der Waals surface area contributed by atoms with E-state index < -0.39 is 0 Å². The number of aliphatic imine (C=N–C) groups is 1. The Morgan fingerprint density at radius 3 is 2.59 bits per heavy atom. The molecular formula is C19H24Cl2N4O2. The van der Waals surface area contributed by atoms with Gasteiger partial charge in [-0.05, 0) is 44.0 Å². The molecule has 2 rings (SSSR count). The van der Waals surface area contributed by atoms with Gasteiger partial charge < -0.3 is 20.4 Å². The second kappa shape index (κ2) is 10.8. The summed E-state index contributed by atoms with van der Waals surface area (Å²) >= 11 is 12.1. The van der Waals surface area contributed by atoms with Gasteiger partial charge in [-0.2, -0.15) is 0 Å². The molecular weight excluding hydrogens is 387 g/mol. The molecule has 1 heterocycles. The summed E-state index contributed by atoms with van der Waals surface area (Å²) in [4.78, 5) is 16.5. The van der Waals surface area contributed by atoms with E-state index in [1.165, 1.54) is 6.26 Å². The molecule has 0 saturated carbocycles. The predicted octanol–water partition coefficient (Wildman–Crippen LogP) is 3.77. The monoisotopic (exact) mass is 410 g/mol. The molecule has 0 fully saturated rings. The molecule has 3 N–H and O–H groups in total. The van der Waals surface area contributed by atoms with Gasteiger partial charge >= 0.3 is 0 Å². The van der Waals surface area contributed by atoms with Crippen molar-refractivity contribution in [2.24, 2.45) is 4.99 Å². The number of hydrogen-bond acceptors (Lipinski definition) is 3. The Kier molecular flexibility index (Phi) is 8.48. The summed E-state index contributed by atoms with van der Waals surface area (Å²) in [5, 5.41) is 10.5. The van der Waals surface area contributed by atoms with Crippen molar-refractivity contribution in [2.45, 2.75) is 26.8 Å². The third kappa shape index (κ3) is 6.81. The lowest BCUT2D eigenvalue weighted by Gasteiger charge is -2.12. The largest absolute Gasteiger partial charge is 0.459 e. The first-order chi connectivity index (χ1) is 13.0. The molecule has 0 radical (unpaired) electrons. The molecule has 0 aliphatic rings. The molecule has 27 heavy (non-hydrogen) atoms. The van der Waals surface area contributed by atoms with E-state index >= 15 is 0 Å². The average Bonchev–Trinajstić information content (AvgIpc) is 3.06. The molecule has 0 aliphatic carbocycles. The molecule has 6 nitrogen and oxygen atoms in total. The highest BCUT2D eigenvalue weighted by Crippen LogP contribution is 2.21. The number of rotatable bonds is 8. The van der Waals surface area contributed by atoms with Gasteiger partial charge in [-0.3, -0.25) is 4.79 Å². The summed E-state index contributed by atoms with van der Waals surface area (Å²) in [5.74, 6) is 0.852. The van der Waals surface area contributed by atoms with Gasteiger partial charge in [0.05, 0.1) is 12.8 Å². The number of nitrogens with one attached hydrogen (secondary N) is 3. The number of benzene rings is 1. The highest BCUT2D eigenvalue weighted by molar-refractivity contribution is 6.35. The van der Waals surface area contributed by atoms with Crippen LogP contribution in [0.5, 0.6) is 0 Å². The van der Waals surface area contributed by atoms with Crippen molar-refractivity contribution in [3.8, 4) is 0 Å². The van der Waals surface area contributed by atoms with E-state index in [4.69, 9.17) is 27.6 Å². The fourth-order valence-corrected chi connectivity index (χ4v) is 2.81. The first-order valence-electron chi connectivity index (χ1n) is 8.79. The zero-order valence-electron chi connectivity index (χ0n) is 15.4. The van der Waals surface area contributed by atoms with Crippen molar-refractivity contribution in [3.05, 3.63) is 57.5 Å². The number of carbonyl (C=O) groups excluding carboxylic acids is 1. The quantitative estimate of drug-likeness (QED) is 0.351. The van der Waals surface area contributed by atoms with Gasteiger partial charge in [-0.15, -0.1) is 0 Å². The first kappa shape index (κ1) is 21.1. The molecule has 146 valence electrons. The molecule has 2 aromatic rings. The van der Waals surface area contributed by atoms with Crippen LogP contribution in [0.15, 0.2) is 39.9 Å². The van der Waals surface area contributed by atoms with Gasteiger partial charge in [-0.1, -0.05) is 29.3 Å². The van der Waals surface area contributed by atoms with E-state index in [1.807, 2.05) is 19.9 Å². The molecule has 8 heteroatoms. The minimum atomic E-state index is -0.199. The lowest BCUT2D eigenvalue weighted by atomic mass is 10.2. The standard InChI is InChI=1S/C19H24Cl2N4O2/c1-3-22-19(25-12-14-5-6-15(20)11-16(14)21)24-9-4-8-23-18(26)17-13(2)7-10-27-17/h5-7,10-11H,3-4,8-9,12H2,1-2H3,(H,23,26)(H2,22,24,25). The SMILES string of the molecule is CCNC(=NCc1ccc(Cl)cc1Cl)NCCCNC(=O)c1occc1C. The molecule has 0 aliphatic heterocycles. The lowest BCUT2D eigenvalue weighted by molar-refractivity contribution is 0.0925. The van der Waals surface area contributed by atoms with Crippen LogP contribution in [0.3, 0.4) is 0 Å². The summed E-state index contributed by atoms with van der Waals surface area (Å²) in [5.41, 5.74) is 1.73. The van der Waals surface area contributed by atoms with E-state index in [2.05, 4.69) is 20.9 Å². The second-order valence-electron chi connectivity index (χ2n) is 5.90. The summed E-state index contributed by atoms with van der Waals surface area (Å²) < 4.78 is 5.17. The molecule has 0 unspecified atom stereocenters. The maximum Gasteiger partial charge on any atom is 0.287 e. The van der Waals surface area contributed by atoms with E-state index in [1.54, 1.807) is 18.2 Å². The maximum absolute atomic E-state index is 12.0. The maximum atomic E-state index is 12.0. The van der Waals surface area contributed by atoms with Crippen LogP contribution in [0.1, 0.15) is 35.0 Å². The van der Waals surface area contributed by atoms with Crippen LogP contribution >= 0.6 is 23.2 Å². The van der Waals surface area contributed by atoms with Gasteiger partial charge in [0.2, 0.25) is 0 Å². The zero-order valence-corrected chi connectivity index (χ0v) is 17.0. The number of guanidine groups is 1. The van der Waals surface area contributed by atoms with Crippen molar-refractivity contribution in [2.75, 3.05) is 19.6 Å². The molecule has 1 aromatic heterocycles. The number of carbonyl (C=O) groups is 1. The Hall–Kier alpha value is -2.18. The molecule has 0 spiro atoms.